The molecule has 0 aromatic carbocycles. The summed E-state index contributed by atoms with van der Waals surface area (Å²) in [5.41, 5.74) is 4.43. The van der Waals surface area contributed by atoms with Crippen molar-refractivity contribution < 1.29 is 0 Å². The first-order valence-corrected chi connectivity index (χ1v) is 7.56. The molecule has 0 saturated carbocycles. The molecule has 0 radical (unpaired) electrons. The first-order chi connectivity index (χ1) is 10.1. The maximum Gasteiger partial charge on any atom is 0.134 e. The van der Waals surface area contributed by atoms with E-state index in [1.165, 1.54) is 5.56 Å². The van der Waals surface area contributed by atoms with Crippen molar-refractivity contribution in [2.24, 2.45) is 0 Å². The Labute approximate surface area is 127 Å². The van der Waals surface area contributed by atoms with Crippen LogP contribution in [0.2, 0.25) is 0 Å². The molecule has 0 fully saturated rings. The lowest BCUT2D eigenvalue weighted by Gasteiger charge is -2.17. The lowest BCUT2D eigenvalue weighted by atomic mass is 9.98. The van der Waals surface area contributed by atoms with Crippen LogP contribution in [0, 0.1) is 13.8 Å². The van der Waals surface area contributed by atoms with Gasteiger partial charge in [-0.05, 0) is 44.0 Å². The summed E-state index contributed by atoms with van der Waals surface area (Å²) >= 11 is 0. The van der Waals surface area contributed by atoms with Crippen molar-refractivity contribution in [2.75, 3.05) is 13.1 Å². The first-order valence-electron chi connectivity index (χ1n) is 7.56. The zero-order chi connectivity index (χ0) is 15.2. The minimum atomic E-state index is 0.425. The van der Waals surface area contributed by atoms with Crippen molar-refractivity contribution in [3.8, 4) is 0 Å². The van der Waals surface area contributed by atoms with Crippen LogP contribution in [0.3, 0.4) is 0 Å². The number of hydrogen-bond acceptors (Lipinski definition) is 4. The molecule has 2 aromatic heterocycles. The summed E-state index contributed by atoms with van der Waals surface area (Å²) in [6.07, 6.45) is 2.49. The Bertz CT molecular complexity index is 558. The fourth-order valence-corrected chi connectivity index (χ4v) is 2.71. The molecule has 0 aliphatic rings. The van der Waals surface area contributed by atoms with E-state index < -0.39 is 0 Å². The molecule has 2 rings (SSSR count). The second kappa shape index (κ2) is 7.27. The van der Waals surface area contributed by atoms with E-state index in [0.29, 0.717) is 12.3 Å². The second-order valence-corrected chi connectivity index (χ2v) is 5.43. The molecule has 2 heterocycles. The van der Waals surface area contributed by atoms with Crippen molar-refractivity contribution in [3.05, 3.63) is 52.9 Å². The van der Waals surface area contributed by atoms with E-state index >= 15 is 0 Å². The van der Waals surface area contributed by atoms with Crippen molar-refractivity contribution >= 4 is 0 Å². The van der Waals surface area contributed by atoms with Gasteiger partial charge in [-0.15, -0.1) is 0 Å². The number of pyridine rings is 1. The van der Waals surface area contributed by atoms with Gasteiger partial charge in [0.25, 0.3) is 0 Å². The predicted octanol–water partition coefficient (Wildman–Crippen LogP) is 2.79. The number of aromatic nitrogens is 3. The van der Waals surface area contributed by atoms with Crippen LogP contribution < -0.4 is 5.32 Å². The highest BCUT2D eigenvalue weighted by atomic mass is 14.9. The van der Waals surface area contributed by atoms with Gasteiger partial charge in [0.05, 0.1) is 6.42 Å². The van der Waals surface area contributed by atoms with Gasteiger partial charge >= 0.3 is 0 Å². The summed E-state index contributed by atoms with van der Waals surface area (Å²) in [6.45, 7) is 10.4. The molecule has 0 aliphatic carbocycles. The van der Waals surface area contributed by atoms with Gasteiger partial charge in [-0.1, -0.05) is 19.9 Å². The smallest absolute Gasteiger partial charge is 0.134 e. The van der Waals surface area contributed by atoms with Crippen molar-refractivity contribution in [3.63, 3.8) is 0 Å². The average molecular weight is 284 g/mol. The lowest BCUT2D eigenvalue weighted by molar-refractivity contribution is 0.622. The molecule has 0 spiro atoms. The molecule has 4 heteroatoms. The van der Waals surface area contributed by atoms with E-state index in [-0.39, 0.29) is 0 Å². The Kier molecular flexibility index (Phi) is 5.39. The van der Waals surface area contributed by atoms with Crippen LogP contribution in [0.4, 0.5) is 0 Å². The van der Waals surface area contributed by atoms with Crippen molar-refractivity contribution in [1.29, 1.82) is 0 Å². The molecular weight excluding hydrogens is 260 g/mol. The number of rotatable bonds is 6. The van der Waals surface area contributed by atoms with Gasteiger partial charge < -0.3 is 5.32 Å². The predicted molar refractivity (Wildman–Crippen MR) is 85.5 cm³/mol. The fourth-order valence-electron chi connectivity index (χ4n) is 2.71. The Balaban J connectivity index is 2.20. The molecule has 1 unspecified atom stereocenters. The summed E-state index contributed by atoms with van der Waals surface area (Å²) in [6, 6.07) is 5.93. The Morgan fingerprint density at radius 3 is 2.43 bits per heavy atom. The van der Waals surface area contributed by atoms with Crippen LogP contribution in [-0.4, -0.2) is 28.0 Å². The van der Waals surface area contributed by atoms with Crippen LogP contribution in [0.1, 0.15) is 48.2 Å². The van der Waals surface area contributed by atoms with E-state index in [1.807, 2.05) is 24.4 Å². The maximum absolute atomic E-state index is 4.68. The van der Waals surface area contributed by atoms with Crippen molar-refractivity contribution in [2.45, 2.75) is 40.0 Å². The summed E-state index contributed by atoms with van der Waals surface area (Å²) in [7, 11) is 0. The topological polar surface area (TPSA) is 50.7 Å². The maximum atomic E-state index is 4.68. The highest BCUT2D eigenvalue weighted by Gasteiger charge is 2.15. The van der Waals surface area contributed by atoms with E-state index in [4.69, 9.17) is 0 Å². The van der Waals surface area contributed by atoms with Crippen LogP contribution in [-0.2, 0) is 6.42 Å². The Hall–Kier alpha value is -1.81. The van der Waals surface area contributed by atoms with Crippen molar-refractivity contribution in [1.82, 2.24) is 20.3 Å². The third-order valence-electron chi connectivity index (χ3n) is 3.63. The number of aryl methyl sites for hydroxylation is 2. The molecular formula is C17H24N4. The number of likely N-dealkylation sites (N-methyl/N-ethyl adjacent to an activating group) is 1. The van der Waals surface area contributed by atoms with E-state index in [9.17, 15) is 0 Å². The van der Waals surface area contributed by atoms with Gasteiger partial charge in [0, 0.05) is 29.8 Å². The van der Waals surface area contributed by atoms with Gasteiger partial charge in [0.1, 0.15) is 5.82 Å². The second-order valence-electron chi connectivity index (χ2n) is 5.43. The SMILES string of the molecule is CCNCC(C)c1c(C)nc(Cc2ccccn2)nc1C. The Morgan fingerprint density at radius 2 is 1.86 bits per heavy atom. The largest absolute Gasteiger partial charge is 0.316 e. The molecule has 4 nitrogen and oxygen atoms in total. The van der Waals surface area contributed by atoms with Crippen LogP contribution in [0.5, 0.6) is 0 Å². The molecule has 2 aromatic rings. The molecule has 1 N–H and O–H groups in total. The minimum Gasteiger partial charge on any atom is -0.316 e. The van der Waals surface area contributed by atoms with E-state index in [2.05, 4.69) is 48.0 Å². The van der Waals surface area contributed by atoms with E-state index in [0.717, 1.165) is 36.0 Å². The van der Waals surface area contributed by atoms with Gasteiger partial charge in [0.2, 0.25) is 0 Å². The molecule has 21 heavy (non-hydrogen) atoms. The zero-order valence-electron chi connectivity index (χ0n) is 13.3. The van der Waals surface area contributed by atoms with Gasteiger partial charge in [-0.25, -0.2) is 9.97 Å². The summed E-state index contributed by atoms with van der Waals surface area (Å²) in [5.74, 6) is 1.27. The summed E-state index contributed by atoms with van der Waals surface area (Å²) < 4.78 is 0. The average Bonchev–Trinajstić information content (AvgIpc) is 2.45. The number of nitrogens with one attached hydrogen (secondary N) is 1. The fraction of sp³-hybridized carbons (Fsp3) is 0.471. The number of nitrogens with zero attached hydrogens (tertiary/aromatic N) is 3. The van der Waals surface area contributed by atoms with Crippen LogP contribution in [0.15, 0.2) is 24.4 Å². The zero-order valence-corrected chi connectivity index (χ0v) is 13.3. The third-order valence-corrected chi connectivity index (χ3v) is 3.63. The number of hydrogen-bond donors (Lipinski definition) is 1. The van der Waals surface area contributed by atoms with Crippen LogP contribution >= 0.6 is 0 Å². The molecule has 0 aliphatic heterocycles. The van der Waals surface area contributed by atoms with Gasteiger partial charge in [0.15, 0.2) is 0 Å². The van der Waals surface area contributed by atoms with Crippen LogP contribution in [0.25, 0.3) is 0 Å². The Morgan fingerprint density at radius 1 is 1.14 bits per heavy atom. The standard InChI is InChI=1S/C17H24N4/c1-5-18-11-12(2)17-13(3)20-16(21-14(17)4)10-15-8-6-7-9-19-15/h6-9,12,18H,5,10-11H2,1-4H3. The highest BCUT2D eigenvalue weighted by molar-refractivity contribution is 5.29. The lowest BCUT2D eigenvalue weighted by Crippen LogP contribution is -2.21. The van der Waals surface area contributed by atoms with Gasteiger partial charge in [-0.2, -0.15) is 0 Å². The molecule has 112 valence electrons. The molecule has 0 saturated heterocycles. The normalized spacial score (nSPS) is 12.4. The first kappa shape index (κ1) is 15.6. The molecule has 0 amide bonds. The minimum absolute atomic E-state index is 0.425. The quantitative estimate of drug-likeness (QED) is 0.886. The summed E-state index contributed by atoms with van der Waals surface area (Å²) in [5, 5.41) is 3.39. The van der Waals surface area contributed by atoms with E-state index in [1.54, 1.807) is 0 Å². The molecule has 0 bridgehead atoms. The van der Waals surface area contributed by atoms with Gasteiger partial charge in [-0.3, -0.25) is 4.98 Å². The summed E-state index contributed by atoms with van der Waals surface area (Å²) in [4.78, 5) is 13.7. The monoisotopic (exact) mass is 284 g/mol. The highest BCUT2D eigenvalue weighted by Crippen LogP contribution is 2.21. The molecule has 1 atom stereocenters. The third kappa shape index (κ3) is 4.08.